The van der Waals surface area contributed by atoms with Crippen molar-refractivity contribution < 1.29 is 4.42 Å². The van der Waals surface area contributed by atoms with E-state index in [1.165, 1.54) is 0 Å². The van der Waals surface area contributed by atoms with E-state index in [2.05, 4.69) is 41.7 Å². The van der Waals surface area contributed by atoms with Crippen LogP contribution >= 0.6 is 15.9 Å². The summed E-state index contributed by atoms with van der Waals surface area (Å²) >= 11 is 3.28. The molecule has 0 radical (unpaired) electrons. The van der Waals surface area contributed by atoms with Crippen LogP contribution < -0.4 is 0 Å². The second-order valence-corrected chi connectivity index (χ2v) is 4.35. The average Bonchev–Trinajstić information content (AvgIpc) is 2.11. The zero-order valence-electron chi connectivity index (χ0n) is 7.23. The number of aromatic nitrogens is 1. The highest BCUT2D eigenvalue weighted by molar-refractivity contribution is 9.10. The standard InChI is InChI=1S/C8H12BrNO/c1-5-6(9)11-7(10-5)8(2,3)4/h1-4H3. The summed E-state index contributed by atoms with van der Waals surface area (Å²) < 4.78 is 6.12. The van der Waals surface area contributed by atoms with Crippen LogP contribution in [-0.2, 0) is 5.41 Å². The van der Waals surface area contributed by atoms with Gasteiger partial charge in [-0.25, -0.2) is 4.98 Å². The molecule has 0 atom stereocenters. The second kappa shape index (κ2) is 2.63. The molecule has 2 nitrogen and oxygen atoms in total. The molecule has 1 rings (SSSR count). The van der Waals surface area contributed by atoms with Crippen LogP contribution in [0.5, 0.6) is 0 Å². The Morgan fingerprint density at radius 2 is 1.91 bits per heavy atom. The lowest BCUT2D eigenvalue weighted by Gasteiger charge is -2.11. The van der Waals surface area contributed by atoms with Crippen molar-refractivity contribution in [3.8, 4) is 0 Å². The van der Waals surface area contributed by atoms with E-state index in [1.807, 2.05) is 6.92 Å². The van der Waals surface area contributed by atoms with Gasteiger partial charge in [0.2, 0.25) is 5.89 Å². The van der Waals surface area contributed by atoms with E-state index in [0.717, 1.165) is 16.3 Å². The number of halogens is 1. The Balaban J connectivity index is 3.08. The summed E-state index contributed by atoms with van der Waals surface area (Å²) in [6.07, 6.45) is 0. The maximum atomic E-state index is 5.38. The molecule has 3 heteroatoms. The zero-order chi connectivity index (χ0) is 8.65. The molecule has 62 valence electrons. The van der Waals surface area contributed by atoms with Crippen LogP contribution in [0.15, 0.2) is 9.09 Å². The van der Waals surface area contributed by atoms with Crippen molar-refractivity contribution in [2.75, 3.05) is 0 Å². The maximum Gasteiger partial charge on any atom is 0.201 e. The zero-order valence-corrected chi connectivity index (χ0v) is 8.82. The van der Waals surface area contributed by atoms with Gasteiger partial charge in [0.25, 0.3) is 0 Å². The van der Waals surface area contributed by atoms with Gasteiger partial charge in [0.1, 0.15) is 0 Å². The molecule has 0 aliphatic carbocycles. The fourth-order valence-corrected chi connectivity index (χ4v) is 0.941. The summed E-state index contributed by atoms with van der Waals surface area (Å²) in [6, 6.07) is 0. The summed E-state index contributed by atoms with van der Waals surface area (Å²) in [5, 5.41) is 0. The fraction of sp³-hybridized carbons (Fsp3) is 0.625. The second-order valence-electron chi connectivity index (χ2n) is 3.63. The molecule has 0 bridgehead atoms. The molecule has 0 fully saturated rings. The lowest BCUT2D eigenvalue weighted by molar-refractivity contribution is 0.382. The van der Waals surface area contributed by atoms with Gasteiger partial charge in [-0.3, -0.25) is 0 Å². The Hall–Kier alpha value is -0.310. The Labute approximate surface area is 75.1 Å². The van der Waals surface area contributed by atoms with Crippen LogP contribution in [0, 0.1) is 6.92 Å². The smallest absolute Gasteiger partial charge is 0.201 e. The number of nitrogens with zero attached hydrogens (tertiary/aromatic N) is 1. The van der Waals surface area contributed by atoms with Gasteiger partial charge in [-0.05, 0) is 22.9 Å². The molecule has 0 saturated heterocycles. The van der Waals surface area contributed by atoms with Crippen molar-refractivity contribution in [3.63, 3.8) is 0 Å². The van der Waals surface area contributed by atoms with Crippen LogP contribution in [0.2, 0.25) is 0 Å². The molecular weight excluding hydrogens is 206 g/mol. The Kier molecular flexibility index (Phi) is 2.10. The van der Waals surface area contributed by atoms with Crippen LogP contribution in [0.1, 0.15) is 32.4 Å². The summed E-state index contributed by atoms with van der Waals surface area (Å²) in [4.78, 5) is 4.27. The number of oxazole rings is 1. The molecule has 0 unspecified atom stereocenters. The molecule has 0 amide bonds. The largest absolute Gasteiger partial charge is 0.433 e. The molecule has 11 heavy (non-hydrogen) atoms. The molecule has 0 spiro atoms. The molecule has 0 N–H and O–H groups in total. The predicted octanol–water partition coefficient (Wildman–Crippen LogP) is 3.04. The van der Waals surface area contributed by atoms with Crippen LogP contribution in [0.25, 0.3) is 0 Å². The van der Waals surface area contributed by atoms with Gasteiger partial charge in [0.15, 0.2) is 4.67 Å². The van der Waals surface area contributed by atoms with Gasteiger partial charge in [-0.1, -0.05) is 20.8 Å². The van der Waals surface area contributed by atoms with Crippen molar-refractivity contribution in [2.24, 2.45) is 0 Å². The van der Waals surface area contributed by atoms with Gasteiger partial charge >= 0.3 is 0 Å². The quantitative estimate of drug-likeness (QED) is 0.668. The fourth-order valence-electron chi connectivity index (χ4n) is 0.699. The highest BCUT2D eigenvalue weighted by Gasteiger charge is 2.21. The normalized spacial score (nSPS) is 12.1. The lowest BCUT2D eigenvalue weighted by atomic mass is 9.97. The molecular formula is C8H12BrNO. The maximum absolute atomic E-state index is 5.38. The lowest BCUT2D eigenvalue weighted by Crippen LogP contribution is -2.11. The first kappa shape index (κ1) is 8.78. The van der Waals surface area contributed by atoms with Gasteiger partial charge in [-0.2, -0.15) is 0 Å². The summed E-state index contributed by atoms with van der Waals surface area (Å²) in [7, 11) is 0. The first-order chi connectivity index (χ1) is 4.91. The topological polar surface area (TPSA) is 26.0 Å². The summed E-state index contributed by atoms with van der Waals surface area (Å²) in [6.45, 7) is 8.14. The van der Waals surface area contributed by atoms with Crippen molar-refractivity contribution in [1.82, 2.24) is 4.98 Å². The van der Waals surface area contributed by atoms with Crippen LogP contribution in [-0.4, -0.2) is 4.98 Å². The first-order valence-electron chi connectivity index (χ1n) is 3.54. The van der Waals surface area contributed by atoms with Gasteiger partial charge < -0.3 is 4.42 Å². The van der Waals surface area contributed by atoms with E-state index in [0.29, 0.717) is 0 Å². The van der Waals surface area contributed by atoms with Crippen molar-refractivity contribution in [3.05, 3.63) is 16.3 Å². The number of hydrogen-bond acceptors (Lipinski definition) is 2. The molecule has 1 aromatic heterocycles. The number of hydrogen-bond donors (Lipinski definition) is 0. The Morgan fingerprint density at radius 3 is 2.09 bits per heavy atom. The van der Waals surface area contributed by atoms with E-state index in [-0.39, 0.29) is 5.41 Å². The Bertz CT molecular complexity index is 240. The van der Waals surface area contributed by atoms with Gasteiger partial charge in [-0.15, -0.1) is 0 Å². The van der Waals surface area contributed by atoms with Crippen LogP contribution in [0.3, 0.4) is 0 Å². The number of aryl methyl sites for hydroxylation is 1. The average molecular weight is 218 g/mol. The first-order valence-corrected chi connectivity index (χ1v) is 4.34. The molecule has 0 aromatic carbocycles. The highest BCUT2D eigenvalue weighted by Crippen LogP contribution is 2.26. The third-order valence-electron chi connectivity index (χ3n) is 1.38. The monoisotopic (exact) mass is 217 g/mol. The van der Waals surface area contributed by atoms with Gasteiger partial charge in [0.05, 0.1) is 5.69 Å². The van der Waals surface area contributed by atoms with E-state index in [9.17, 15) is 0 Å². The summed E-state index contributed by atoms with van der Waals surface area (Å²) in [5.41, 5.74) is 0.909. The van der Waals surface area contributed by atoms with Gasteiger partial charge in [0, 0.05) is 5.41 Å². The van der Waals surface area contributed by atoms with E-state index < -0.39 is 0 Å². The van der Waals surface area contributed by atoms with Crippen molar-refractivity contribution >= 4 is 15.9 Å². The van der Waals surface area contributed by atoms with Crippen molar-refractivity contribution in [2.45, 2.75) is 33.1 Å². The molecule has 1 heterocycles. The van der Waals surface area contributed by atoms with E-state index in [4.69, 9.17) is 4.42 Å². The minimum absolute atomic E-state index is 0.00319. The highest BCUT2D eigenvalue weighted by atomic mass is 79.9. The predicted molar refractivity (Wildman–Crippen MR) is 47.6 cm³/mol. The molecule has 0 saturated carbocycles. The third-order valence-corrected chi connectivity index (χ3v) is 2.12. The van der Waals surface area contributed by atoms with Crippen molar-refractivity contribution in [1.29, 1.82) is 0 Å². The van der Waals surface area contributed by atoms with E-state index in [1.54, 1.807) is 0 Å². The molecule has 0 aliphatic heterocycles. The van der Waals surface area contributed by atoms with E-state index >= 15 is 0 Å². The minimum Gasteiger partial charge on any atom is -0.433 e. The minimum atomic E-state index is -0.00319. The van der Waals surface area contributed by atoms with Crippen LogP contribution in [0.4, 0.5) is 0 Å². The number of rotatable bonds is 0. The third kappa shape index (κ3) is 1.83. The molecule has 0 aliphatic rings. The Morgan fingerprint density at radius 1 is 1.36 bits per heavy atom. The summed E-state index contributed by atoms with van der Waals surface area (Å²) in [5.74, 6) is 0.780. The SMILES string of the molecule is Cc1nc(C(C)(C)C)oc1Br. The molecule has 1 aromatic rings.